The number of aromatic hydroxyl groups is 1. The molecule has 14 heavy (non-hydrogen) atoms. The second kappa shape index (κ2) is 4.47. The van der Waals surface area contributed by atoms with Crippen LogP contribution in [0.25, 0.3) is 0 Å². The number of phenolic OH excluding ortho intramolecular Hbond substituents is 1. The van der Waals surface area contributed by atoms with Crippen LogP contribution in [-0.2, 0) is 5.60 Å². The zero-order valence-corrected chi connectivity index (χ0v) is 8.83. The molecule has 0 heterocycles. The Hall–Kier alpha value is -1.02. The molecule has 0 aliphatic rings. The first-order chi connectivity index (χ1) is 6.56. The van der Waals surface area contributed by atoms with E-state index in [9.17, 15) is 10.2 Å². The molecule has 0 bridgehead atoms. The molecule has 0 aromatic heterocycles. The summed E-state index contributed by atoms with van der Waals surface area (Å²) in [6.07, 6.45) is 2.78. The van der Waals surface area contributed by atoms with Gasteiger partial charge in [0.15, 0.2) is 0 Å². The summed E-state index contributed by atoms with van der Waals surface area (Å²) in [5, 5.41) is 19.4. The van der Waals surface area contributed by atoms with Crippen molar-refractivity contribution >= 4 is 0 Å². The van der Waals surface area contributed by atoms with Gasteiger partial charge in [-0.1, -0.05) is 31.9 Å². The zero-order valence-electron chi connectivity index (χ0n) is 8.83. The summed E-state index contributed by atoms with van der Waals surface area (Å²) in [7, 11) is 0. The molecule has 1 aromatic carbocycles. The van der Waals surface area contributed by atoms with Crippen molar-refractivity contribution in [2.24, 2.45) is 0 Å². The van der Waals surface area contributed by atoms with Crippen molar-refractivity contribution in [3.05, 3.63) is 29.8 Å². The van der Waals surface area contributed by atoms with Gasteiger partial charge in [-0.25, -0.2) is 0 Å². The molecule has 1 rings (SSSR count). The Morgan fingerprint density at radius 3 is 2.64 bits per heavy atom. The molecular formula is C12H18O2. The molecular weight excluding hydrogens is 176 g/mol. The number of hydrogen-bond donors (Lipinski definition) is 2. The number of phenols is 1. The second-order valence-electron chi connectivity index (χ2n) is 3.93. The third-order valence-electron chi connectivity index (χ3n) is 2.49. The predicted molar refractivity (Wildman–Crippen MR) is 57.2 cm³/mol. The van der Waals surface area contributed by atoms with Crippen molar-refractivity contribution in [2.45, 2.75) is 38.7 Å². The van der Waals surface area contributed by atoms with Crippen molar-refractivity contribution in [1.29, 1.82) is 0 Å². The predicted octanol–water partition coefficient (Wildman–Crippen LogP) is 2.79. The smallest absolute Gasteiger partial charge is 0.115 e. The van der Waals surface area contributed by atoms with Gasteiger partial charge >= 0.3 is 0 Å². The van der Waals surface area contributed by atoms with Gasteiger partial charge in [0.25, 0.3) is 0 Å². The second-order valence-corrected chi connectivity index (χ2v) is 3.93. The van der Waals surface area contributed by atoms with Gasteiger partial charge in [-0.15, -0.1) is 0 Å². The van der Waals surface area contributed by atoms with Crippen molar-refractivity contribution < 1.29 is 10.2 Å². The van der Waals surface area contributed by atoms with Crippen LogP contribution < -0.4 is 0 Å². The molecule has 0 saturated carbocycles. The van der Waals surface area contributed by atoms with Crippen LogP contribution in [0.2, 0.25) is 0 Å². The maximum atomic E-state index is 10.1. The fraction of sp³-hybridized carbons (Fsp3) is 0.500. The van der Waals surface area contributed by atoms with Gasteiger partial charge in [0.05, 0.1) is 5.60 Å². The fourth-order valence-electron chi connectivity index (χ4n) is 1.51. The summed E-state index contributed by atoms with van der Waals surface area (Å²) in [5.41, 5.74) is -0.0414. The molecule has 2 N–H and O–H groups in total. The molecule has 1 unspecified atom stereocenters. The van der Waals surface area contributed by atoms with E-state index in [1.165, 1.54) is 0 Å². The minimum atomic E-state index is -0.825. The highest BCUT2D eigenvalue weighted by Crippen LogP contribution is 2.28. The lowest BCUT2D eigenvalue weighted by atomic mass is 9.90. The van der Waals surface area contributed by atoms with E-state index >= 15 is 0 Å². The van der Waals surface area contributed by atoms with E-state index in [1.807, 2.05) is 6.07 Å². The van der Waals surface area contributed by atoms with E-state index in [0.29, 0.717) is 0 Å². The van der Waals surface area contributed by atoms with Crippen molar-refractivity contribution in [1.82, 2.24) is 0 Å². The number of rotatable bonds is 4. The van der Waals surface area contributed by atoms with Gasteiger partial charge in [0, 0.05) is 0 Å². The lowest BCUT2D eigenvalue weighted by Gasteiger charge is -2.23. The molecule has 1 atom stereocenters. The van der Waals surface area contributed by atoms with Crippen molar-refractivity contribution in [3.63, 3.8) is 0 Å². The SMILES string of the molecule is CCCCC(C)(O)c1cccc(O)c1. The molecule has 0 spiro atoms. The Balaban J connectivity index is 2.80. The first-order valence-corrected chi connectivity index (χ1v) is 5.08. The van der Waals surface area contributed by atoms with Crippen LogP contribution in [0.3, 0.4) is 0 Å². The number of unbranched alkanes of at least 4 members (excludes halogenated alkanes) is 1. The van der Waals surface area contributed by atoms with Gasteiger partial charge in [0.2, 0.25) is 0 Å². The zero-order chi connectivity index (χ0) is 10.6. The highest BCUT2D eigenvalue weighted by molar-refractivity contribution is 5.30. The van der Waals surface area contributed by atoms with Gasteiger partial charge < -0.3 is 10.2 Å². The quantitative estimate of drug-likeness (QED) is 0.773. The van der Waals surface area contributed by atoms with E-state index in [1.54, 1.807) is 25.1 Å². The molecule has 0 radical (unpaired) electrons. The standard InChI is InChI=1S/C12H18O2/c1-3-4-8-12(2,14)10-6-5-7-11(13)9-10/h5-7,9,13-14H,3-4,8H2,1-2H3. The summed E-state index contributed by atoms with van der Waals surface area (Å²) in [6, 6.07) is 6.83. The Morgan fingerprint density at radius 1 is 1.36 bits per heavy atom. The maximum Gasteiger partial charge on any atom is 0.115 e. The van der Waals surface area contributed by atoms with Crippen molar-refractivity contribution in [3.8, 4) is 5.75 Å². The summed E-state index contributed by atoms with van der Waals surface area (Å²) in [4.78, 5) is 0. The highest BCUT2D eigenvalue weighted by atomic mass is 16.3. The minimum Gasteiger partial charge on any atom is -0.508 e. The van der Waals surface area contributed by atoms with Gasteiger partial charge in [-0.05, 0) is 31.0 Å². The molecule has 78 valence electrons. The largest absolute Gasteiger partial charge is 0.508 e. The maximum absolute atomic E-state index is 10.1. The van der Waals surface area contributed by atoms with Crippen LogP contribution in [-0.4, -0.2) is 10.2 Å². The summed E-state index contributed by atoms with van der Waals surface area (Å²) >= 11 is 0. The Bertz CT molecular complexity index is 292. The van der Waals surface area contributed by atoms with Gasteiger partial charge in [-0.2, -0.15) is 0 Å². The molecule has 2 nitrogen and oxygen atoms in total. The molecule has 2 heteroatoms. The first-order valence-electron chi connectivity index (χ1n) is 5.08. The van der Waals surface area contributed by atoms with E-state index in [0.717, 1.165) is 24.8 Å². The van der Waals surface area contributed by atoms with Crippen LogP contribution in [0.4, 0.5) is 0 Å². The number of aliphatic hydroxyl groups is 1. The van der Waals surface area contributed by atoms with Gasteiger partial charge in [0.1, 0.15) is 5.75 Å². The van der Waals surface area contributed by atoms with Gasteiger partial charge in [-0.3, -0.25) is 0 Å². The normalized spacial score (nSPS) is 15.1. The molecule has 0 amide bonds. The van der Waals surface area contributed by atoms with Crippen molar-refractivity contribution in [2.75, 3.05) is 0 Å². The van der Waals surface area contributed by atoms with Crippen LogP contribution in [0.5, 0.6) is 5.75 Å². The first kappa shape index (κ1) is 11.1. The molecule has 0 aliphatic carbocycles. The van der Waals surface area contributed by atoms with E-state index in [4.69, 9.17) is 0 Å². The summed E-state index contributed by atoms with van der Waals surface area (Å²) < 4.78 is 0. The average molecular weight is 194 g/mol. The Labute approximate surface area is 85.2 Å². The summed E-state index contributed by atoms with van der Waals surface area (Å²) in [5.74, 6) is 0.208. The van der Waals surface area contributed by atoms with E-state index in [2.05, 4.69) is 6.92 Å². The summed E-state index contributed by atoms with van der Waals surface area (Å²) in [6.45, 7) is 3.88. The monoisotopic (exact) mass is 194 g/mol. The molecule has 0 fully saturated rings. The topological polar surface area (TPSA) is 40.5 Å². The molecule has 1 aromatic rings. The van der Waals surface area contributed by atoms with E-state index < -0.39 is 5.60 Å². The third kappa shape index (κ3) is 2.74. The fourth-order valence-corrected chi connectivity index (χ4v) is 1.51. The van der Waals surface area contributed by atoms with Crippen LogP contribution in [0.15, 0.2) is 24.3 Å². The number of benzene rings is 1. The average Bonchev–Trinajstić information content (AvgIpc) is 2.15. The van der Waals surface area contributed by atoms with E-state index in [-0.39, 0.29) is 5.75 Å². The van der Waals surface area contributed by atoms with Crippen LogP contribution >= 0.6 is 0 Å². The highest BCUT2D eigenvalue weighted by Gasteiger charge is 2.22. The Kier molecular flexibility index (Phi) is 3.53. The van der Waals surface area contributed by atoms with Crippen LogP contribution in [0.1, 0.15) is 38.7 Å². The number of hydrogen-bond acceptors (Lipinski definition) is 2. The minimum absolute atomic E-state index is 0.208. The molecule has 0 saturated heterocycles. The Morgan fingerprint density at radius 2 is 2.07 bits per heavy atom. The molecule has 0 aliphatic heterocycles. The lowest BCUT2D eigenvalue weighted by molar-refractivity contribution is 0.0451. The third-order valence-corrected chi connectivity index (χ3v) is 2.49. The lowest BCUT2D eigenvalue weighted by Crippen LogP contribution is -2.20. The van der Waals surface area contributed by atoms with Crippen LogP contribution in [0, 0.1) is 0 Å².